The zero-order valence-electron chi connectivity index (χ0n) is 32.5. The molecule has 2 nitrogen and oxygen atoms in total. The van der Waals surface area contributed by atoms with Crippen molar-refractivity contribution in [3.05, 3.63) is 265 Å². The summed E-state index contributed by atoms with van der Waals surface area (Å²) in [5.74, 6) is 0. The Morgan fingerprint density at radius 2 is 0.814 bits per heavy atom. The van der Waals surface area contributed by atoms with Gasteiger partial charge in [0.1, 0.15) is 0 Å². The molecule has 0 bridgehead atoms. The topological polar surface area (TPSA) is 8.17 Å². The Hall–Kier alpha value is -7.68. The molecule has 0 saturated heterocycles. The van der Waals surface area contributed by atoms with Crippen LogP contribution in [0.5, 0.6) is 0 Å². The highest BCUT2D eigenvalue weighted by molar-refractivity contribution is 5.90. The molecule has 0 atom stereocenters. The Labute approximate surface area is 345 Å². The fraction of sp³-hybridized carbons (Fsp3) is 0.0175. The van der Waals surface area contributed by atoms with Crippen LogP contribution in [0.4, 0.5) is 17.1 Å². The maximum absolute atomic E-state index is 2.44. The van der Waals surface area contributed by atoms with Crippen molar-refractivity contribution >= 4 is 28.0 Å². The van der Waals surface area contributed by atoms with Crippen molar-refractivity contribution < 1.29 is 0 Å². The predicted molar refractivity (Wildman–Crippen MR) is 246 cm³/mol. The maximum Gasteiger partial charge on any atom is 0.0714 e. The van der Waals surface area contributed by atoms with Crippen LogP contribution in [0.1, 0.15) is 22.3 Å². The Kier molecular flexibility index (Phi) is 8.41. The van der Waals surface area contributed by atoms with E-state index >= 15 is 0 Å². The molecule has 0 spiro atoms. The second-order valence-electron chi connectivity index (χ2n) is 15.3. The molecule has 0 saturated carbocycles. The molecule has 278 valence electrons. The van der Waals surface area contributed by atoms with Gasteiger partial charge in [-0.1, -0.05) is 176 Å². The number of nitrogens with zero attached hydrogens (tertiary/aromatic N) is 2. The summed E-state index contributed by atoms with van der Waals surface area (Å²) in [4.78, 5) is 2.41. The molecule has 2 heteroatoms. The van der Waals surface area contributed by atoms with Gasteiger partial charge in [-0.25, -0.2) is 0 Å². The summed E-state index contributed by atoms with van der Waals surface area (Å²) in [6, 6.07) is 86.3. The van der Waals surface area contributed by atoms with E-state index in [9.17, 15) is 0 Å². The van der Waals surface area contributed by atoms with Gasteiger partial charge in [-0.05, 0) is 122 Å². The number of hydrogen-bond donors (Lipinski definition) is 0. The Morgan fingerprint density at radius 3 is 1.44 bits per heavy atom. The molecule has 0 N–H and O–H groups in total. The lowest BCUT2D eigenvalue weighted by Crippen LogP contribution is -2.28. The Balaban J connectivity index is 1.04. The first kappa shape index (κ1) is 34.6. The van der Waals surface area contributed by atoms with Crippen molar-refractivity contribution in [3.8, 4) is 39.1 Å². The zero-order valence-corrected chi connectivity index (χ0v) is 32.5. The van der Waals surface area contributed by atoms with E-state index < -0.39 is 5.41 Å². The smallest absolute Gasteiger partial charge is 0.0714 e. The van der Waals surface area contributed by atoms with E-state index in [1.165, 1.54) is 66.5 Å². The van der Waals surface area contributed by atoms with Crippen LogP contribution in [-0.2, 0) is 5.41 Å². The van der Waals surface area contributed by atoms with Gasteiger partial charge in [0.25, 0.3) is 0 Å². The lowest BCUT2D eigenvalue weighted by molar-refractivity contribution is 0.768. The van der Waals surface area contributed by atoms with Gasteiger partial charge in [-0.2, -0.15) is 0 Å². The van der Waals surface area contributed by atoms with Gasteiger partial charge in [0.05, 0.1) is 10.9 Å². The van der Waals surface area contributed by atoms with Crippen LogP contribution in [0.25, 0.3) is 50.0 Å². The van der Waals surface area contributed by atoms with Crippen molar-refractivity contribution in [2.45, 2.75) is 5.41 Å². The summed E-state index contributed by atoms with van der Waals surface area (Å²) < 4.78 is 2.25. The molecular formula is C57H40N2. The first-order valence-corrected chi connectivity index (χ1v) is 20.3. The summed E-state index contributed by atoms with van der Waals surface area (Å²) in [6.07, 6.45) is 2.15. The monoisotopic (exact) mass is 752 g/mol. The third kappa shape index (κ3) is 5.80. The summed E-state index contributed by atoms with van der Waals surface area (Å²) in [5.41, 5.74) is 17.6. The summed E-state index contributed by atoms with van der Waals surface area (Å²) in [6.45, 7) is 0. The van der Waals surface area contributed by atoms with Crippen LogP contribution in [0.15, 0.2) is 243 Å². The first-order chi connectivity index (χ1) is 29.3. The molecule has 59 heavy (non-hydrogen) atoms. The third-order valence-electron chi connectivity index (χ3n) is 12.1. The van der Waals surface area contributed by atoms with Gasteiger partial charge in [-0.15, -0.1) is 0 Å². The van der Waals surface area contributed by atoms with E-state index in [1.54, 1.807) is 0 Å². The molecule has 10 aromatic rings. The van der Waals surface area contributed by atoms with E-state index in [4.69, 9.17) is 0 Å². The summed E-state index contributed by atoms with van der Waals surface area (Å²) in [5, 5.41) is 1.24. The average molecular weight is 753 g/mol. The van der Waals surface area contributed by atoms with E-state index in [-0.39, 0.29) is 0 Å². The number of benzene rings is 9. The lowest BCUT2D eigenvalue weighted by Gasteiger charge is -2.35. The molecule has 11 rings (SSSR count). The van der Waals surface area contributed by atoms with Gasteiger partial charge in [-0.3, -0.25) is 0 Å². The van der Waals surface area contributed by atoms with Gasteiger partial charge in [0.15, 0.2) is 0 Å². The predicted octanol–water partition coefficient (Wildman–Crippen LogP) is 14.8. The number of rotatable bonds is 8. The van der Waals surface area contributed by atoms with Crippen LogP contribution in [0.2, 0.25) is 0 Å². The van der Waals surface area contributed by atoms with E-state index in [0.29, 0.717) is 0 Å². The molecule has 0 aliphatic heterocycles. The Morgan fingerprint density at radius 1 is 0.339 bits per heavy atom. The standard InChI is InChI=1S/C57H40N2/c1-4-14-41(15-5-1)42-26-32-49(33-27-42)59(50-34-28-44(29-35-50)43-24-30-48(31-25-43)58-39-38-45-16-10-13-23-56(45)58)51-36-37-53-52-21-11-12-22-54(52)57(55(53)40-51,46-17-6-2-7-18-46)47-19-8-3-9-20-47/h1-40H. The second-order valence-corrected chi connectivity index (χ2v) is 15.3. The minimum atomic E-state index is -0.490. The van der Waals surface area contributed by atoms with Crippen molar-refractivity contribution in [2.75, 3.05) is 4.90 Å². The molecule has 0 unspecified atom stereocenters. The van der Waals surface area contributed by atoms with Crippen molar-refractivity contribution in [2.24, 2.45) is 0 Å². The fourth-order valence-electron chi connectivity index (χ4n) is 9.38. The van der Waals surface area contributed by atoms with Crippen LogP contribution in [0.3, 0.4) is 0 Å². The number of para-hydroxylation sites is 1. The molecule has 0 amide bonds. The molecule has 9 aromatic carbocycles. The summed E-state index contributed by atoms with van der Waals surface area (Å²) >= 11 is 0. The van der Waals surface area contributed by atoms with E-state index in [2.05, 4.69) is 252 Å². The number of aromatic nitrogens is 1. The second kappa shape index (κ2) is 14.4. The molecule has 0 fully saturated rings. The number of fused-ring (bicyclic) bond motifs is 4. The highest BCUT2D eigenvalue weighted by atomic mass is 15.1. The number of anilines is 3. The molecule has 1 aliphatic rings. The fourth-order valence-corrected chi connectivity index (χ4v) is 9.38. The summed E-state index contributed by atoms with van der Waals surface area (Å²) in [7, 11) is 0. The molecule has 1 aromatic heterocycles. The van der Waals surface area contributed by atoms with Crippen molar-refractivity contribution in [1.82, 2.24) is 4.57 Å². The van der Waals surface area contributed by atoms with Crippen LogP contribution in [0, 0.1) is 0 Å². The van der Waals surface area contributed by atoms with E-state index in [0.717, 1.165) is 22.7 Å². The van der Waals surface area contributed by atoms with Crippen LogP contribution in [-0.4, -0.2) is 4.57 Å². The highest BCUT2D eigenvalue weighted by Crippen LogP contribution is 2.57. The van der Waals surface area contributed by atoms with Crippen molar-refractivity contribution in [3.63, 3.8) is 0 Å². The largest absolute Gasteiger partial charge is 0.317 e. The minimum Gasteiger partial charge on any atom is -0.317 e. The SMILES string of the molecule is c1ccc(-c2ccc(N(c3ccc(-c4ccc(-n5ccc6ccccc65)cc4)cc3)c3ccc4c(c3)C(c3ccccc3)(c3ccccc3)c3ccccc3-4)cc2)cc1. The van der Waals surface area contributed by atoms with Crippen molar-refractivity contribution in [1.29, 1.82) is 0 Å². The normalized spacial score (nSPS) is 12.5. The van der Waals surface area contributed by atoms with E-state index in [1.807, 2.05) is 0 Å². The zero-order chi connectivity index (χ0) is 39.2. The van der Waals surface area contributed by atoms with Gasteiger partial charge in [0.2, 0.25) is 0 Å². The molecular weight excluding hydrogens is 713 g/mol. The third-order valence-corrected chi connectivity index (χ3v) is 12.1. The average Bonchev–Trinajstić information content (AvgIpc) is 3.88. The van der Waals surface area contributed by atoms with Crippen LogP contribution >= 0.6 is 0 Å². The highest BCUT2D eigenvalue weighted by Gasteiger charge is 2.46. The minimum absolute atomic E-state index is 0.490. The molecule has 1 aliphatic carbocycles. The van der Waals surface area contributed by atoms with Crippen LogP contribution < -0.4 is 4.90 Å². The maximum atomic E-state index is 2.44. The Bertz CT molecular complexity index is 3020. The molecule has 0 radical (unpaired) electrons. The quantitative estimate of drug-likeness (QED) is 0.150. The number of hydrogen-bond acceptors (Lipinski definition) is 1. The lowest BCUT2D eigenvalue weighted by atomic mass is 9.67. The van der Waals surface area contributed by atoms with Gasteiger partial charge >= 0.3 is 0 Å². The molecule has 1 heterocycles. The van der Waals surface area contributed by atoms with Gasteiger partial charge in [0, 0.05) is 28.9 Å². The first-order valence-electron chi connectivity index (χ1n) is 20.3. The van der Waals surface area contributed by atoms with Gasteiger partial charge < -0.3 is 9.47 Å².